The molecule has 2 N–H and O–H groups in total. The third kappa shape index (κ3) is 3.10. The molecular formula is C19H22N6O2. The van der Waals surface area contributed by atoms with E-state index in [0.717, 1.165) is 60.2 Å². The van der Waals surface area contributed by atoms with Crippen LogP contribution in [0.3, 0.4) is 0 Å². The number of fused-ring (bicyclic) bond motifs is 2. The van der Waals surface area contributed by atoms with Crippen molar-refractivity contribution in [1.29, 1.82) is 0 Å². The van der Waals surface area contributed by atoms with Gasteiger partial charge in [0.1, 0.15) is 17.8 Å². The van der Waals surface area contributed by atoms with Gasteiger partial charge >= 0.3 is 0 Å². The zero-order valence-electron chi connectivity index (χ0n) is 15.0. The maximum absolute atomic E-state index is 12.5. The summed E-state index contributed by atoms with van der Waals surface area (Å²) in [7, 11) is 0. The van der Waals surface area contributed by atoms with E-state index in [2.05, 4.69) is 25.4 Å². The second-order valence-electron chi connectivity index (χ2n) is 7.31. The summed E-state index contributed by atoms with van der Waals surface area (Å²) in [5.74, 6) is 0.869. The van der Waals surface area contributed by atoms with Crippen LogP contribution >= 0.6 is 0 Å². The molecule has 1 aliphatic heterocycles. The fourth-order valence-electron chi connectivity index (χ4n) is 4.14. The molecular weight excluding hydrogens is 344 g/mol. The summed E-state index contributed by atoms with van der Waals surface area (Å²) < 4.78 is 7.13. The first-order valence-corrected chi connectivity index (χ1v) is 9.52. The third-order valence-corrected chi connectivity index (χ3v) is 5.60. The fourth-order valence-corrected chi connectivity index (χ4v) is 4.14. The smallest absolute Gasteiger partial charge is 0.267 e. The summed E-state index contributed by atoms with van der Waals surface area (Å²) in [6, 6.07) is 4.20. The fraction of sp³-hybridized carbons (Fsp3) is 0.474. The summed E-state index contributed by atoms with van der Waals surface area (Å²) in [4.78, 5) is 24.2. The molecule has 0 amide bonds. The van der Waals surface area contributed by atoms with Gasteiger partial charge in [-0.15, -0.1) is 0 Å². The van der Waals surface area contributed by atoms with E-state index in [1.54, 1.807) is 17.1 Å². The van der Waals surface area contributed by atoms with Gasteiger partial charge in [0.2, 0.25) is 0 Å². The number of H-pyrrole nitrogens is 1. The SMILES string of the molecule is O=c1cc2c(nn1C1CCC(Nc3ncnc4[nH]ccc34)CC1)CCOC2. The summed E-state index contributed by atoms with van der Waals surface area (Å²) in [5, 5.41) is 9.22. The van der Waals surface area contributed by atoms with E-state index in [9.17, 15) is 4.79 Å². The van der Waals surface area contributed by atoms with Crippen LogP contribution in [0, 0.1) is 0 Å². The van der Waals surface area contributed by atoms with E-state index >= 15 is 0 Å². The van der Waals surface area contributed by atoms with Gasteiger partial charge in [0.15, 0.2) is 0 Å². The van der Waals surface area contributed by atoms with E-state index in [0.29, 0.717) is 19.3 Å². The second kappa shape index (κ2) is 6.77. The Balaban J connectivity index is 1.29. The summed E-state index contributed by atoms with van der Waals surface area (Å²) in [6.45, 7) is 1.18. The molecule has 8 heteroatoms. The molecule has 140 valence electrons. The molecule has 2 aliphatic rings. The van der Waals surface area contributed by atoms with Crippen LogP contribution < -0.4 is 10.9 Å². The highest BCUT2D eigenvalue weighted by Crippen LogP contribution is 2.30. The minimum atomic E-state index is -0.0134. The van der Waals surface area contributed by atoms with Gasteiger partial charge < -0.3 is 15.0 Å². The largest absolute Gasteiger partial charge is 0.376 e. The Hall–Kier alpha value is -2.74. The van der Waals surface area contributed by atoms with Crippen LogP contribution in [0.4, 0.5) is 5.82 Å². The average molecular weight is 366 g/mol. The van der Waals surface area contributed by atoms with Crippen LogP contribution in [0.2, 0.25) is 0 Å². The monoisotopic (exact) mass is 366 g/mol. The summed E-state index contributed by atoms with van der Waals surface area (Å²) in [6.07, 6.45) is 8.06. The molecule has 0 radical (unpaired) electrons. The average Bonchev–Trinajstić information content (AvgIpc) is 3.18. The lowest BCUT2D eigenvalue weighted by Gasteiger charge is -2.30. The first-order valence-electron chi connectivity index (χ1n) is 9.52. The highest BCUT2D eigenvalue weighted by molar-refractivity contribution is 5.86. The number of rotatable bonds is 3. The van der Waals surface area contributed by atoms with Gasteiger partial charge in [-0.3, -0.25) is 4.79 Å². The number of aromatic nitrogens is 5. The molecule has 3 aromatic rings. The molecule has 0 saturated heterocycles. The number of anilines is 1. The molecule has 0 bridgehead atoms. The zero-order valence-corrected chi connectivity index (χ0v) is 15.0. The minimum Gasteiger partial charge on any atom is -0.376 e. The van der Waals surface area contributed by atoms with E-state index < -0.39 is 0 Å². The normalized spacial score (nSPS) is 22.5. The lowest BCUT2D eigenvalue weighted by atomic mass is 9.91. The maximum atomic E-state index is 12.5. The number of hydrogen-bond donors (Lipinski definition) is 2. The Labute approximate surface area is 156 Å². The first-order chi connectivity index (χ1) is 13.3. The van der Waals surface area contributed by atoms with E-state index in [4.69, 9.17) is 4.74 Å². The van der Waals surface area contributed by atoms with Gasteiger partial charge in [0, 0.05) is 30.3 Å². The summed E-state index contributed by atoms with van der Waals surface area (Å²) in [5.41, 5.74) is 2.78. The van der Waals surface area contributed by atoms with Crippen molar-refractivity contribution in [3.05, 3.63) is 46.3 Å². The van der Waals surface area contributed by atoms with Crippen LogP contribution in [0.25, 0.3) is 11.0 Å². The Kier molecular flexibility index (Phi) is 4.12. The van der Waals surface area contributed by atoms with Crippen molar-refractivity contribution in [3.63, 3.8) is 0 Å². The van der Waals surface area contributed by atoms with Crippen LogP contribution in [0.15, 0.2) is 29.5 Å². The van der Waals surface area contributed by atoms with Crippen molar-refractivity contribution in [2.75, 3.05) is 11.9 Å². The number of ether oxygens (including phenoxy) is 1. The molecule has 0 spiro atoms. The highest BCUT2D eigenvalue weighted by Gasteiger charge is 2.25. The zero-order chi connectivity index (χ0) is 18.2. The molecule has 4 heterocycles. The minimum absolute atomic E-state index is 0.0134. The standard InChI is InChI=1S/C19H22N6O2/c26-17-9-12-10-27-8-6-16(12)24-25(17)14-3-1-13(2-4-14)23-19-15-5-7-20-18(15)21-11-22-19/h5,7,9,11,13-14H,1-4,6,8,10H2,(H2,20,21,22,23). The van der Waals surface area contributed by atoms with Crippen molar-refractivity contribution >= 4 is 16.9 Å². The van der Waals surface area contributed by atoms with E-state index in [1.807, 2.05) is 12.3 Å². The lowest BCUT2D eigenvalue weighted by molar-refractivity contribution is 0.107. The van der Waals surface area contributed by atoms with Crippen LogP contribution in [-0.2, 0) is 17.8 Å². The van der Waals surface area contributed by atoms with Gasteiger partial charge in [0.05, 0.1) is 30.3 Å². The molecule has 0 aromatic carbocycles. The Morgan fingerprint density at radius 1 is 1.22 bits per heavy atom. The number of aromatic amines is 1. The van der Waals surface area contributed by atoms with Crippen molar-refractivity contribution in [3.8, 4) is 0 Å². The predicted molar refractivity (Wildman–Crippen MR) is 101 cm³/mol. The van der Waals surface area contributed by atoms with Gasteiger partial charge in [0.25, 0.3) is 5.56 Å². The molecule has 0 atom stereocenters. The quantitative estimate of drug-likeness (QED) is 0.737. The molecule has 5 rings (SSSR count). The number of hydrogen-bond acceptors (Lipinski definition) is 6. The first kappa shape index (κ1) is 16.4. The van der Waals surface area contributed by atoms with Crippen LogP contribution in [0.5, 0.6) is 0 Å². The third-order valence-electron chi connectivity index (χ3n) is 5.60. The Morgan fingerprint density at radius 2 is 2.11 bits per heavy atom. The van der Waals surface area contributed by atoms with Gasteiger partial charge in [-0.2, -0.15) is 5.10 Å². The highest BCUT2D eigenvalue weighted by atomic mass is 16.5. The topological polar surface area (TPSA) is 97.7 Å². The van der Waals surface area contributed by atoms with Crippen molar-refractivity contribution in [1.82, 2.24) is 24.7 Å². The number of nitrogens with zero attached hydrogens (tertiary/aromatic N) is 4. The molecule has 1 fully saturated rings. The number of nitrogens with one attached hydrogen (secondary N) is 2. The molecule has 0 unspecified atom stereocenters. The van der Waals surface area contributed by atoms with Crippen molar-refractivity contribution in [2.45, 2.75) is 50.8 Å². The maximum Gasteiger partial charge on any atom is 0.267 e. The molecule has 3 aromatic heterocycles. The second-order valence-corrected chi connectivity index (χ2v) is 7.31. The summed E-state index contributed by atoms with van der Waals surface area (Å²) >= 11 is 0. The Bertz CT molecular complexity index is 1020. The molecule has 1 saturated carbocycles. The van der Waals surface area contributed by atoms with E-state index in [-0.39, 0.29) is 11.6 Å². The van der Waals surface area contributed by atoms with Crippen LogP contribution in [0.1, 0.15) is 43.0 Å². The van der Waals surface area contributed by atoms with Crippen molar-refractivity contribution in [2.24, 2.45) is 0 Å². The van der Waals surface area contributed by atoms with Gasteiger partial charge in [-0.1, -0.05) is 0 Å². The Morgan fingerprint density at radius 3 is 3.00 bits per heavy atom. The lowest BCUT2D eigenvalue weighted by Crippen LogP contribution is -2.35. The molecule has 27 heavy (non-hydrogen) atoms. The molecule has 8 nitrogen and oxygen atoms in total. The molecule has 1 aliphatic carbocycles. The van der Waals surface area contributed by atoms with E-state index in [1.165, 1.54) is 0 Å². The van der Waals surface area contributed by atoms with Crippen LogP contribution in [-0.4, -0.2) is 37.4 Å². The van der Waals surface area contributed by atoms with Gasteiger partial charge in [-0.05, 0) is 31.7 Å². The predicted octanol–water partition coefficient (Wildman–Crippen LogP) is 2.18. The van der Waals surface area contributed by atoms with Gasteiger partial charge in [-0.25, -0.2) is 14.6 Å². The van der Waals surface area contributed by atoms with Crippen molar-refractivity contribution < 1.29 is 4.74 Å².